The fraction of sp³-hybridized carbons (Fsp3) is 0.154. The van der Waals surface area contributed by atoms with Crippen LogP contribution < -0.4 is 4.72 Å². The highest BCUT2D eigenvalue weighted by Crippen LogP contribution is 2.31. The van der Waals surface area contributed by atoms with E-state index in [1.54, 1.807) is 32.0 Å². The van der Waals surface area contributed by atoms with Crippen LogP contribution in [-0.4, -0.2) is 8.42 Å². The number of thiocyanates is 1. The van der Waals surface area contributed by atoms with Crippen LogP contribution in [0.1, 0.15) is 11.1 Å². The third-order valence-electron chi connectivity index (χ3n) is 2.72. The number of aryl methyl sites for hydroxylation is 2. The highest BCUT2D eigenvalue weighted by Gasteiger charge is 2.19. The number of nitriles is 1. The molecule has 0 aliphatic heterocycles. The molecule has 0 atom stereocenters. The summed E-state index contributed by atoms with van der Waals surface area (Å²) in [4.78, 5) is 0.787. The van der Waals surface area contributed by atoms with Gasteiger partial charge in [-0.05, 0) is 61.0 Å². The minimum Gasteiger partial charge on any atom is -0.278 e. The van der Waals surface area contributed by atoms with Gasteiger partial charge in [0.05, 0.1) is 10.0 Å². The van der Waals surface area contributed by atoms with Crippen LogP contribution in [0.25, 0.3) is 0 Å². The molecule has 0 bridgehead atoms. The van der Waals surface area contributed by atoms with Gasteiger partial charge in [0.25, 0.3) is 10.0 Å². The maximum absolute atomic E-state index is 12.3. The number of sulfonamides is 1. The summed E-state index contributed by atoms with van der Waals surface area (Å²) in [5, 5.41) is 10.7. The van der Waals surface area contributed by atoms with Crippen LogP contribution >= 0.6 is 34.7 Å². The van der Waals surface area contributed by atoms with Crippen molar-refractivity contribution >= 4 is 50.4 Å². The number of thiophene rings is 1. The minimum atomic E-state index is -3.65. The van der Waals surface area contributed by atoms with E-state index in [0.29, 0.717) is 10.0 Å². The van der Waals surface area contributed by atoms with Crippen LogP contribution in [0.5, 0.6) is 0 Å². The molecule has 0 aliphatic rings. The van der Waals surface area contributed by atoms with Crippen molar-refractivity contribution in [1.29, 1.82) is 5.26 Å². The predicted octanol–water partition coefficient (Wildman–Crippen LogP) is 4.39. The molecule has 8 heteroatoms. The fourth-order valence-corrected chi connectivity index (χ4v) is 5.09. The summed E-state index contributed by atoms with van der Waals surface area (Å²) in [6.45, 7) is 3.60. The monoisotopic (exact) mass is 358 g/mol. The topological polar surface area (TPSA) is 70.0 Å². The van der Waals surface area contributed by atoms with Crippen LogP contribution in [0.3, 0.4) is 0 Å². The zero-order chi connectivity index (χ0) is 15.6. The number of anilines is 1. The van der Waals surface area contributed by atoms with Gasteiger partial charge >= 0.3 is 0 Å². The van der Waals surface area contributed by atoms with E-state index in [1.807, 2.05) is 5.40 Å². The number of rotatable bonds is 4. The molecular weight excluding hydrogens is 348 g/mol. The highest BCUT2D eigenvalue weighted by molar-refractivity contribution is 8.03. The van der Waals surface area contributed by atoms with Gasteiger partial charge in [-0.2, -0.15) is 5.26 Å². The first-order valence-electron chi connectivity index (χ1n) is 5.79. The summed E-state index contributed by atoms with van der Waals surface area (Å²) in [5.41, 5.74) is 2.06. The molecule has 1 aromatic carbocycles. The molecule has 2 aromatic rings. The van der Waals surface area contributed by atoms with Crippen molar-refractivity contribution in [2.24, 2.45) is 0 Å². The smallest absolute Gasteiger partial charge is 0.271 e. The van der Waals surface area contributed by atoms with Crippen molar-refractivity contribution in [3.63, 3.8) is 0 Å². The number of benzene rings is 1. The lowest BCUT2D eigenvalue weighted by Gasteiger charge is -2.13. The van der Waals surface area contributed by atoms with Crippen molar-refractivity contribution in [3.8, 4) is 5.40 Å². The molecule has 1 aromatic heterocycles. The molecule has 0 saturated heterocycles. The van der Waals surface area contributed by atoms with Gasteiger partial charge in [-0.1, -0.05) is 11.6 Å². The zero-order valence-electron chi connectivity index (χ0n) is 11.2. The molecule has 0 spiro atoms. The summed E-state index contributed by atoms with van der Waals surface area (Å²) in [6, 6.07) is 6.58. The number of thioether (sulfide) groups is 1. The van der Waals surface area contributed by atoms with Gasteiger partial charge in [-0.25, -0.2) is 8.42 Å². The fourth-order valence-electron chi connectivity index (χ4n) is 1.82. The Morgan fingerprint density at radius 1 is 1.29 bits per heavy atom. The van der Waals surface area contributed by atoms with Crippen LogP contribution in [0.2, 0.25) is 4.34 Å². The van der Waals surface area contributed by atoms with Gasteiger partial charge in [0, 0.05) is 4.90 Å². The largest absolute Gasteiger partial charge is 0.278 e. The molecule has 0 radical (unpaired) electrons. The van der Waals surface area contributed by atoms with Gasteiger partial charge in [0.2, 0.25) is 0 Å². The van der Waals surface area contributed by atoms with Crippen molar-refractivity contribution in [1.82, 2.24) is 0 Å². The molecule has 0 aliphatic carbocycles. The Balaban J connectivity index is 2.38. The molecule has 2 rings (SSSR count). The third kappa shape index (κ3) is 3.71. The maximum Gasteiger partial charge on any atom is 0.271 e. The lowest BCUT2D eigenvalue weighted by molar-refractivity contribution is 0.603. The van der Waals surface area contributed by atoms with Crippen LogP contribution in [0.15, 0.2) is 33.4 Å². The maximum atomic E-state index is 12.3. The van der Waals surface area contributed by atoms with Gasteiger partial charge in [0.1, 0.15) is 9.61 Å². The summed E-state index contributed by atoms with van der Waals surface area (Å²) in [6.07, 6.45) is 0. The standard InChI is InChI=1S/C13H11ClN2O2S3/c1-8-5-10(19-7-15)6-9(2)13(8)16-21(17,18)12-4-3-11(14)20-12/h3-6,16H,1-2H3. The van der Waals surface area contributed by atoms with E-state index in [0.717, 1.165) is 39.1 Å². The van der Waals surface area contributed by atoms with Gasteiger partial charge in [-0.3, -0.25) is 4.72 Å². The summed E-state index contributed by atoms with van der Waals surface area (Å²) < 4.78 is 27.8. The zero-order valence-corrected chi connectivity index (χ0v) is 14.4. The third-order valence-corrected chi connectivity index (χ3v) is 6.35. The molecular formula is C13H11ClN2O2S3. The van der Waals surface area contributed by atoms with E-state index in [1.165, 1.54) is 6.07 Å². The molecule has 1 N–H and O–H groups in total. The van der Waals surface area contributed by atoms with Gasteiger partial charge in [0.15, 0.2) is 0 Å². The summed E-state index contributed by atoms with van der Waals surface area (Å²) >= 11 is 7.83. The number of hydrogen-bond donors (Lipinski definition) is 1. The SMILES string of the molecule is Cc1cc(SC#N)cc(C)c1NS(=O)(=O)c1ccc(Cl)s1. The Morgan fingerprint density at radius 3 is 2.38 bits per heavy atom. The number of hydrogen-bond acceptors (Lipinski definition) is 5. The Morgan fingerprint density at radius 2 is 1.90 bits per heavy atom. The number of nitrogens with one attached hydrogen (secondary N) is 1. The lowest BCUT2D eigenvalue weighted by atomic mass is 10.1. The Bertz CT molecular complexity index is 799. The van der Waals surface area contributed by atoms with E-state index in [9.17, 15) is 8.42 Å². The first kappa shape index (κ1) is 16.2. The van der Waals surface area contributed by atoms with Gasteiger partial charge in [-0.15, -0.1) is 11.3 Å². The van der Waals surface area contributed by atoms with Crippen molar-refractivity contribution in [2.45, 2.75) is 23.0 Å². The highest BCUT2D eigenvalue weighted by atomic mass is 35.5. The Labute approximate surface area is 136 Å². The second-order valence-electron chi connectivity index (χ2n) is 4.29. The molecule has 0 saturated carbocycles. The molecule has 1 heterocycles. The number of nitrogens with zero attached hydrogens (tertiary/aromatic N) is 1. The molecule has 0 fully saturated rings. The van der Waals surface area contributed by atoms with Gasteiger partial charge < -0.3 is 0 Å². The summed E-state index contributed by atoms with van der Waals surface area (Å²) in [7, 11) is -3.65. The quantitative estimate of drug-likeness (QED) is 0.649. The first-order chi connectivity index (χ1) is 9.83. The number of halogens is 1. The van der Waals surface area contributed by atoms with Crippen molar-refractivity contribution in [3.05, 3.63) is 39.7 Å². The van der Waals surface area contributed by atoms with E-state index < -0.39 is 10.0 Å². The van der Waals surface area contributed by atoms with E-state index in [2.05, 4.69) is 4.72 Å². The normalized spacial score (nSPS) is 11.1. The second-order valence-corrected chi connectivity index (χ2v) is 8.77. The van der Waals surface area contributed by atoms with Crippen LogP contribution in [0, 0.1) is 24.5 Å². The van der Waals surface area contributed by atoms with Crippen molar-refractivity contribution in [2.75, 3.05) is 4.72 Å². The molecule has 0 amide bonds. The summed E-state index contributed by atoms with van der Waals surface area (Å²) in [5.74, 6) is 0. The average molecular weight is 359 g/mol. The van der Waals surface area contributed by atoms with E-state index in [-0.39, 0.29) is 4.21 Å². The predicted molar refractivity (Wildman–Crippen MR) is 87.5 cm³/mol. The Hall–Kier alpha value is -1.20. The molecule has 21 heavy (non-hydrogen) atoms. The average Bonchev–Trinajstić information content (AvgIpc) is 2.82. The minimum absolute atomic E-state index is 0.168. The van der Waals surface area contributed by atoms with E-state index in [4.69, 9.17) is 16.9 Å². The molecule has 110 valence electrons. The Kier molecular flexibility index (Phi) is 4.84. The molecule has 4 nitrogen and oxygen atoms in total. The molecule has 0 unspecified atom stereocenters. The lowest BCUT2D eigenvalue weighted by Crippen LogP contribution is -2.13. The second kappa shape index (κ2) is 6.28. The van der Waals surface area contributed by atoms with Crippen molar-refractivity contribution < 1.29 is 8.42 Å². The first-order valence-corrected chi connectivity index (χ1v) is 9.28. The van der Waals surface area contributed by atoms with Crippen LogP contribution in [0.4, 0.5) is 5.69 Å². The van der Waals surface area contributed by atoms with E-state index >= 15 is 0 Å². The van der Waals surface area contributed by atoms with Crippen LogP contribution in [-0.2, 0) is 10.0 Å².